The number of allylic oxidation sites excluding steroid dienone is 1. The highest BCUT2D eigenvalue weighted by Gasteiger charge is 2.40. The number of Topliss-reactive ketones (excluding diaryl/α,β-unsaturated/α-hetero) is 1. The predicted octanol–water partition coefficient (Wildman–Crippen LogP) is 3.34. The van der Waals surface area contributed by atoms with Crippen molar-refractivity contribution in [1.82, 2.24) is 4.90 Å². The minimum atomic E-state index is -1.09. The van der Waals surface area contributed by atoms with E-state index in [2.05, 4.69) is 4.99 Å². The summed E-state index contributed by atoms with van der Waals surface area (Å²) in [6, 6.07) is 2.03. The molecule has 0 aliphatic carbocycles. The maximum atomic E-state index is 13.8. The molecule has 0 spiro atoms. The van der Waals surface area contributed by atoms with Crippen molar-refractivity contribution in [1.29, 1.82) is 0 Å². The van der Waals surface area contributed by atoms with Crippen LogP contribution in [0.25, 0.3) is 0 Å². The van der Waals surface area contributed by atoms with Gasteiger partial charge in [-0.05, 0) is 31.0 Å². The number of amidine groups is 1. The van der Waals surface area contributed by atoms with E-state index in [9.17, 15) is 18.4 Å². The minimum absolute atomic E-state index is 0.0940. The van der Waals surface area contributed by atoms with Gasteiger partial charge in [-0.2, -0.15) is 0 Å². The molecule has 0 saturated heterocycles. The Morgan fingerprint density at radius 1 is 1.24 bits per heavy atom. The zero-order valence-corrected chi connectivity index (χ0v) is 14.3. The van der Waals surface area contributed by atoms with Gasteiger partial charge in [0.2, 0.25) is 0 Å². The fourth-order valence-corrected chi connectivity index (χ4v) is 2.72. The summed E-state index contributed by atoms with van der Waals surface area (Å²) in [5.41, 5.74) is 0.795. The van der Waals surface area contributed by atoms with E-state index in [0.29, 0.717) is 12.1 Å². The standard InChI is InChI=1S/C17H18F2N2O4/c1-5-13-14(9(2)22)15(10-6-7-11(18)12(19)8-10)21(17(23)25-4)16(20-13)24-3/h6-8,15H,5H2,1-4H3. The molecule has 0 radical (unpaired) electrons. The highest BCUT2D eigenvalue weighted by molar-refractivity contribution is 6.01. The number of amides is 1. The second kappa shape index (κ2) is 7.42. The van der Waals surface area contributed by atoms with Gasteiger partial charge in [0.05, 0.1) is 19.9 Å². The van der Waals surface area contributed by atoms with E-state index < -0.39 is 23.8 Å². The quantitative estimate of drug-likeness (QED) is 0.837. The van der Waals surface area contributed by atoms with E-state index in [4.69, 9.17) is 9.47 Å². The van der Waals surface area contributed by atoms with Crippen molar-refractivity contribution in [2.24, 2.45) is 4.99 Å². The van der Waals surface area contributed by atoms with Crippen LogP contribution in [-0.2, 0) is 14.3 Å². The van der Waals surface area contributed by atoms with E-state index in [-0.39, 0.29) is 22.9 Å². The third-order valence-electron chi connectivity index (χ3n) is 3.81. The van der Waals surface area contributed by atoms with Gasteiger partial charge in [0, 0.05) is 5.57 Å². The van der Waals surface area contributed by atoms with Crippen LogP contribution >= 0.6 is 0 Å². The van der Waals surface area contributed by atoms with Crippen molar-refractivity contribution in [2.45, 2.75) is 26.3 Å². The van der Waals surface area contributed by atoms with E-state index in [1.165, 1.54) is 20.1 Å². The van der Waals surface area contributed by atoms with Crippen molar-refractivity contribution < 1.29 is 27.8 Å². The zero-order chi connectivity index (χ0) is 18.7. The van der Waals surface area contributed by atoms with Gasteiger partial charge in [-0.3, -0.25) is 4.79 Å². The normalized spacial score (nSPS) is 17.3. The molecular weight excluding hydrogens is 334 g/mol. The third kappa shape index (κ3) is 3.38. The van der Waals surface area contributed by atoms with Crippen molar-refractivity contribution in [3.8, 4) is 0 Å². The first kappa shape index (κ1) is 18.6. The molecule has 1 aromatic carbocycles. The van der Waals surface area contributed by atoms with Crippen LogP contribution in [0.2, 0.25) is 0 Å². The van der Waals surface area contributed by atoms with E-state index in [1.807, 2.05) is 0 Å². The number of halogens is 2. The summed E-state index contributed by atoms with van der Waals surface area (Å²) in [6.45, 7) is 3.10. The highest BCUT2D eigenvalue weighted by Crippen LogP contribution is 2.37. The lowest BCUT2D eigenvalue weighted by molar-refractivity contribution is -0.114. The van der Waals surface area contributed by atoms with Crippen LogP contribution in [-0.4, -0.2) is 37.0 Å². The number of ether oxygens (including phenoxy) is 2. The Bertz CT molecular complexity index is 774. The van der Waals surface area contributed by atoms with Gasteiger partial charge in [-0.15, -0.1) is 0 Å². The molecule has 1 heterocycles. The molecule has 1 amide bonds. The summed E-state index contributed by atoms with van der Waals surface area (Å²) >= 11 is 0. The topological polar surface area (TPSA) is 68.2 Å². The Kier molecular flexibility index (Phi) is 5.51. The molecule has 0 aromatic heterocycles. The maximum Gasteiger partial charge on any atom is 0.418 e. The van der Waals surface area contributed by atoms with Gasteiger partial charge in [-0.1, -0.05) is 13.0 Å². The average Bonchev–Trinajstić information content (AvgIpc) is 2.61. The van der Waals surface area contributed by atoms with Crippen LogP contribution in [0.1, 0.15) is 31.9 Å². The van der Waals surface area contributed by atoms with Gasteiger partial charge < -0.3 is 9.47 Å². The third-order valence-corrected chi connectivity index (χ3v) is 3.81. The summed E-state index contributed by atoms with van der Waals surface area (Å²) in [5.74, 6) is -2.47. The lowest BCUT2D eigenvalue weighted by Crippen LogP contribution is -2.45. The molecule has 0 bridgehead atoms. The number of methoxy groups -OCH3 is 2. The second-order valence-electron chi connectivity index (χ2n) is 5.28. The molecule has 1 aromatic rings. The van der Waals surface area contributed by atoms with Crippen LogP contribution in [0.15, 0.2) is 34.5 Å². The van der Waals surface area contributed by atoms with Gasteiger partial charge in [0.15, 0.2) is 17.4 Å². The van der Waals surface area contributed by atoms with Crippen LogP contribution < -0.4 is 0 Å². The van der Waals surface area contributed by atoms with Crippen molar-refractivity contribution in [3.05, 3.63) is 46.7 Å². The summed E-state index contributed by atoms with van der Waals surface area (Å²) in [4.78, 5) is 29.7. The van der Waals surface area contributed by atoms with Gasteiger partial charge in [0.25, 0.3) is 0 Å². The Morgan fingerprint density at radius 3 is 2.40 bits per heavy atom. The van der Waals surface area contributed by atoms with Gasteiger partial charge >= 0.3 is 12.1 Å². The number of rotatable bonds is 3. The molecule has 1 aliphatic heterocycles. The SMILES string of the molecule is CCC1=C(C(C)=O)C(c2ccc(F)c(F)c2)N(C(=O)OC)C(OC)=N1. The Hall–Kier alpha value is -2.77. The Morgan fingerprint density at radius 2 is 1.92 bits per heavy atom. The number of carbonyl (C=O) groups is 2. The first-order chi connectivity index (χ1) is 11.8. The molecule has 0 fully saturated rings. The first-order valence-electron chi connectivity index (χ1n) is 7.54. The number of nitrogens with zero attached hydrogens (tertiary/aromatic N) is 2. The summed E-state index contributed by atoms with van der Waals surface area (Å²) < 4.78 is 37.0. The number of carbonyl (C=O) groups excluding carboxylic acids is 2. The molecule has 1 unspecified atom stereocenters. The van der Waals surface area contributed by atoms with E-state index in [0.717, 1.165) is 24.1 Å². The smallest absolute Gasteiger partial charge is 0.418 e. The summed E-state index contributed by atoms with van der Waals surface area (Å²) in [5, 5.41) is 0. The first-order valence-corrected chi connectivity index (χ1v) is 7.54. The molecule has 25 heavy (non-hydrogen) atoms. The number of hydrogen-bond donors (Lipinski definition) is 0. The molecule has 0 saturated carbocycles. The van der Waals surface area contributed by atoms with Crippen molar-refractivity contribution in [2.75, 3.05) is 14.2 Å². The fourth-order valence-electron chi connectivity index (χ4n) is 2.72. The monoisotopic (exact) mass is 352 g/mol. The number of hydrogen-bond acceptors (Lipinski definition) is 5. The van der Waals surface area contributed by atoms with Gasteiger partial charge in [0.1, 0.15) is 6.04 Å². The average molecular weight is 352 g/mol. The Balaban J connectivity index is 2.75. The molecule has 1 atom stereocenters. The molecule has 0 N–H and O–H groups in total. The fraction of sp³-hybridized carbons (Fsp3) is 0.353. The number of benzene rings is 1. The van der Waals surface area contributed by atoms with Crippen LogP contribution in [0.3, 0.4) is 0 Å². The zero-order valence-electron chi connectivity index (χ0n) is 14.3. The van der Waals surface area contributed by atoms with E-state index >= 15 is 0 Å². The molecule has 6 nitrogen and oxygen atoms in total. The lowest BCUT2D eigenvalue weighted by atomic mass is 9.91. The van der Waals surface area contributed by atoms with Crippen LogP contribution in [0.5, 0.6) is 0 Å². The lowest BCUT2D eigenvalue weighted by Gasteiger charge is -2.35. The summed E-state index contributed by atoms with van der Waals surface area (Å²) in [7, 11) is 2.47. The van der Waals surface area contributed by atoms with Crippen molar-refractivity contribution in [3.63, 3.8) is 0 Å². The Labute approximate surface area is 143 Å². The number of aliphatic imine (C=N–C) groups is 1. The molecule has 1 aliphatic rings. The molecular formula is C17H18F2N2O4. The number of ketones is 1. The van der Waals surface area contributed by atoms with Crippen molar-refractivity contribution >= 4 is 17.9 Å². The molecule has 8 heteroatoms. The van der Waals surface area contributed by atoms with Crippen LogP contribution in [0.4, 0.5) is 13.6 Å². The highest BCUT2D eigenvalue weighted by atomic mass is 19.2. The molecule has 134 valence electrons. The predicted molar refractivity (Wildman–Crippen MR) is 85.8 cm³/mol. The summed E-state index contributed by atoms with van der Waals surface area (Å²) in [6.07, 6.45) is -0.457. The van der Waals surface area contributed by atoms with E-state index in [1.54, 1.807) is 6.92 Å². The molecule has 2 rings (SSSR count). The maximum absolute atomic E-state index is 13.8. The second-order valence-corrected chi connectivity index (χ2v) is 5.28. The van der Waals surface area contributed by atoms with Crippen LogP contribution in [0, 0.1) is 11.6 Å². The minimum Gasteiger partial charge on any atom is -0.468 e. The largest absolute Gasteiger partial charge is 0.468 e. The van der Waals surface area contributed by atoms with Gasteiger partial charge in [-0.25, -0.2) is 23.5 Å².